The Morgan fingerprint density at radius 1 is 0.769 bits per heavy atom. The van der Waals surface area contributed by atoms with Crippen LogP contribution in [0.4, 0.5) is 22.0 Å². The quantitative estimate of drug-likeness (QED) is 0.315. The molecule has 0 atom stereocenters. The van der Waals surface area contributed by atoms with Crippen LogP contribution in [0.1, 0.15) is 44.1 Å². The summed E-state index contributed by atoms with van der Waals surface area (Å²) in [6.07, 6.45) is 7.72. The lowest BCUT2D eigenvalue weighted by Crippen LogP contribution is -2.12. The van der Waals surface area contributed by atoms with Gasteiger partial charge >= 0.3 is 0 Å². The Bertz CT molecular complexity index is 786. The zero-order valence-electron chi connectivity index (χ0n) is 14.3. The van der Waals surface area contributed by atoms with E-state index < -0.39 is 34.6 Å². The molecule has 0 heterocycles. The van der Waals surface area contributed by atoms with Gasteiger partial charge in [0.1, 0.15) is 11.6 Å². The van der Waals surface area contributed by atoms with Crippen molar-refractivity contribution >= 4 is 0 Å². The van der Waals surface area contributed by atoms with Crippen LogP contribution in [0.3, 0.4) is 0 Å². The maximum atomic E-state index is 14.5. The van der Waals surface area contributed by atoms with Crippen LogP contribution < -0.4 is 0 Å². The molecular formula is C21H19F5. The number of halogens is 5. The molecule has 0 aliphatic heterocycles. The largest absolute Gasteiger partial charge is 0.206 e. The fraction of sp³-hybridized carbons (Fsp3) is 0.333. The first-order valence-electron chi connectivity index (χ1n) is 8.67. The molecule has 1 saturated carbocycles. The van der Waals surface area contributed by atoms with Crippen molar-refractivity contribution in [3.05, 3.63) is 71.1 Å². The molecule has 3 rings (SSSR count). The second kappa shape index (κ2) is 7.60. The van der Waals surface area contributed by atoms with Crippen LogP contribution in [0.25, 0.3) is 11.1 Å². The summed E-state index contributed by atoms with van der Waals surface area (Å²) in [4.78, 5) is 0. The summed E-state index contributed by atoms with van der Waals surface area (Å²) in [5, 5.41) is 0. The van der Waals surface area contributed by atoms with Gasteiger partial charge in [-0.1, -0.05) is 12.2 Å². The van der Waals surface area contributed by atoms with Gasteiger partial charge in [-0.3, -0.25) is 0 Å². The van der Waals surface area contributed by atoms with Crippen LogP contribution >= 0.6 is 0 Å². The molecule has 0 bridgehead atoms. The minimum Gasteiger partial charge on any atom is -0.206 e. The molecule has 2 aromatic rings. The maximum Gasteiger partial charge on any atom is 0.194 e. The predicted octanol–water partition coefficient (Wildman–Crippen LogP) is 6.90. The Morgan fingerprint density at radius 3 is 1.81 bits per heavy atom. The van der Waals surface area contributed by atoms with Gasteiger partial charge in [-0.2, -0.15) is 0 Å². The minimum absolute atomic E-state index is 0.0521. The third-order valence-electron chi connectivity index (χ3n) is 5.04. The lowest BCUT2D eigenvalue weighted by atomic mass is 9.78. The molecule has 0 radical (unpaired) electrons. The Balaban J connectivity index is 1.90. The lowest BCUT2D eigenvalue weighted by Gasteiger charge is -2.27. The van der Waals surface area contributed by atoms with Crippen LogP contribution in [0.15, 0.2) is 36.4 Å². The van der Waals surface area contributed by atoms with Gasteiger partial charge in [0.15, 0.2) is 17.5 Å². The highest BCUT2D eigenvalue weighted by Gasteiger charge is 2.24. The van der Waals surface area contributed by atoms with E-state index in [1.54, 1.807) is 0 Å². The van der Waals surface area contributed by atoms with Crippen molar-refractivity contribution in [2.45, 2.75) is 38.5 Å². The minimum atomic E-state index is -1.66. The summed E-state index contributed by atoms with van der Waals surface area (Å²) < 4.78 is 68.9. The van der Waals surface area contributed by atoms with Crippen LogP contribution in [0.2, 0.25) is 0 Å². The fourth-order valence-corrected chi connectivity index (χ4v) is 3.72. The molecule has 138 valence electrons. The van der Waals surface area contributed by atoms with Crippen molar-refractivity contribution < 1.29 is 22.0 Å². The first kappa shape index (κ1) is 18.6. The van der Waals surface area contributed by atoms with Crippen molar-refractivity contribution in [1.82, 2.24) is 0 Å². The summed E-state index contributed by atoms with van der Waals surface area (Å²) in [6.45, 7) is 1.97. The molecule has 0 aromatic heterocycles. The van der Waals surface area contributed by atoms with E-state index in [0.29, 0.717) is 23.6 Å². The van der Waals surface area contributed by atoms with Gasteiger partial charge in [-0.05, 0) is 79.8 Å². The summed E-state index contributed by atoms with van der Waals surface area (Å²) in [6, 6.07) is 3.64. The van der Waals surface area contributed by atoms with E-state index in [2.05, 4.69) is 6.08 Å². The normalized spacial score (nSPS) is 20.7. The van der Waals surface area contributed by atoms with Crippen molar-refractivity contribution in [2.24, 2.45) is 5.92 Å². The Morgan fingerprint density at radius 2 is 1.31 bits per heavy atom. The molecule has 0 nitrogen and oxygen atoms in total. The Labute approximate surface area is 149 Å². The highest BCUT2D eigenvalue weighted by molar-refractivity contribution is 5.65. The van der Waals surface area contributed by atoms with Gasteiger partial charge in [0, 0.05) is 0 Å². The lowest BCUT2D eigenvalue weighted by molar-refractivity contribution is 0.374. The van der Waals surface area contributed by atoms with E-state index in [-0.39, 0.29) is 11.5 Å². The van der Waals surface area contributed by atoms with E-state index in [1.807, 2.05) is 13.0 Å². The van der Waals surface area contributed by atoms with Gasteiger partial charge < -0.3 is 0 Å². The molecule has 0 saturated heterocycles. The van der Waals surface area contributed by atoms with Crippen LogP contribution in [-0.4, -0.2) is 0 Å². The summed E-state index contributed by atoms with van der Waals surface area (Å²) in [7, 11) is 0. The van der Waals surface area contributed by atoms with E-state index >= 15 is 0 Å². The number of hydrogen-bond donors (Lipinski definition) is 0. The Hall–Kier alpha value is -2.17. The Kier molecular flexibility index (Phi) is 5.44. The molecule has 26 heavy (non-hydrogen) atoms. The highest BCUT2D eigenvalue weighted by atomic mass is 19.2. The molecule has 5 heteroatoms. The monoisotopic (exact) mass is 366 g/mol. The van der Waals surface area contributed by atoms with Crippen molar-refractivity contribution in [3.63, 3.8) is 0 Å². The molecule has 0 N–H and O–H groups in total. The molecule has 0 unspecified atom stereocenters. The van der Waals surface area contributed by atoms with Crippen molar-refractivity contribution in [1.29, 1.82) is 0 Å². The molecule has 1 aliphatic carbocycles. The molecular weight excluding hydrogens is 347 g/mol. The van der Waals surface area contributed by atoms with Gasteiger partial charge in [0.25, 0.3) is 0 Å². The number of rotatable bonds is 3. The second-order valence-corrected chi connectivity index (χ2v) is 6.75. The topological polar surface area (TPSA) is 0 Å². The molecule has 2 aromatic carbocycles. The van der Waals surface area contributed by atoms with Crippen molar-refractivity contribution in [2.75, 3.05) is 0 Å². The van der Waals surface area contributed by atoms with Gasteiger partial charge in [-0.25, -0.2) is 22.0 Å². The smallest absolute Gasteiger partial charge is 0.194 e. The second-order valence-electron chi connectivity index (χ2n) is 6.75. The van der Waals surface area contributed by atoms with Gasteiger partial charge in [-0.15, -0.1) is 0 Å². The van der Waals surface area contributed by atoms with Crippen LogP contribution in [0.5, 0.6) is 0 Å². The predicted molar refractivity (Wildman–Crippen MR) is 91.2 cm³/mol. The first-order chi connectivity index (χ1) is 12.4. The van der Waals surface area contributed by atoms with Crippen LogP contribution in [0, 0.1) is 35.0 Å². The summed E-state index contributed by atoms with van der Waals surface area (Å²) >= 11 is 0. The number of benzene rings is 2. The van der Waals surface area contributed by atoms with Crippen molar-refractivity contribution in [3.8, 4) is 11.1 Å². The maximum absolute atomic E-state index is 14.5. The SMILES string of the molecule is CC=CC1CCC(c2cc(F)c(-c3cc(F)c(F)c(F)c3)c(F)c2)CC1. The fourth-order valence-electron chi connectivity index (χ4n) is 3.72. The third-order valence-corrected chi connectivity index (χ3v) is 5.04. The van der Waals surface area contributed by atoms with E-state index in [1.165, 1.54) is 12.1 Å². The average molecular weight is 366 g/mol. The molecule has 1 fully saturated rings. The van der Waals surface area contributed by atoms with E-state index in [4.69, 9.17) is 0 Å². The van der Waals surface area contributed by atoms with E-state index in [9.17, 15) is 22.0 Å². The summed E-state index contributed by atoms with van der Waals surface area (Å²) in [5.74, 6) is -5.88. The molecule has 0 spiro atoms. The first-order valence-corrected chi connectivity index (χ1v) is 8.67. The van der Waals surface area contributed by atoms with Gasteiger partial charge in [0.2, 0.25) is 0 Å². The zero-order chi connectivity index (χ0) is 18.8. The average Bonchev–Trinajstić information content (AvgIpc) is 2.60. The van der Waals surface area contributed by atoms with Gasteiger partial charge in [0.05, 0.1) is 5.56 Å². The number of allylic oxidation sites excluding steroid dienone is 2. The standard InChI is InChI=1S/C21H19F5/c1-2-3-12-4-6-13(7-5-12)14-8-16(22)20(17(23)9-14)15-10-18(24)21(26)19(25)11-15/h2-3,8-13H,4-7H2,1H3. The zero-order valence-corrected chi connectivity index (χ0v) is 14.3. The van der Waals surface area contributed by atoms with Crippen LogP contribution in [-0.2, 0) is 0 Å². The molecule has 0 amide bonds. The molecule has 1 aliphatic rings. The highest BCUT2D eigenvalue weighted by Crippen LogP contribution is 2.38. The van der Waals surface area contributed by atoms with E-state index in [0.717, 1.165) is 25.7 Å². The third kappa shape index (κ3) is 3.67. The number of hydrogen-bond acceptors (Lipinski definition) is 0. The summed E-state index contributed by atoms with van der Waals surface area (Å²) in [5.41, 5.74) is -0.361.